The standard InChI is InChI=1S/C18H22N4O3S/c1-11-8-12(2)20-18(19-11)26-10-17(23)22-21-13(3)15-7-6-14(24-4)9-16(15)25-5/h6-9H,10H2,1-5H3,(H,22,23)/b21-13+. The molecule has 7 nitrogen and oxygen atoms in total. The van der Waals surface area contributed by atoms with Crippen LogP contribution in [0, 0.1) is 13.8 Å². The smallest absolute Gasteiger partial charge is 0.250 e. The molecule has 0 aliphatic rings. The molecule has 0 aliphatic carbocycles. The zero-order chi connectivity index (χ0) is 19.1. The summed E-state index contributed by atoms with van der Waals surface area (Å²) in [5, 5.41) is 4.73. The van der Waals surface area contributed by atoms with Crippen molar-refractivity contribution in [2.75, 3.05) is 20.0 Å². The van der Waals surface area contributed by atoms with Crippen molar-refractivity contribution in [2.45, 2.75) is 25.9 Å². The number of amides is 1. The van der Waals surface area contributed by atoms with Crippen LogP contribution >= 0.6 is 11.8 Å². The van der Waals surface area contributed by atoms with Crippen molar-refractivity contribution in [1.82, 2.24) is 15.4 Å². The lowest BCUT2D eigenvalue weighted by Crippen LogP contribution is -2.21. The van der Waals surface area contributed by atoms with Crippen LogP contribution in [0.4, 0.5) is 0 Å². The van der Waals surface area contributed by atoms with E-state index >= 15 is 0 Å². The third-order valence-electron chi connectivity index (χ3n) is 3.44. The molecule has 26 heavy (non-hydrogen) atoms. The Labute approximate surface area is 157 Å². The van der Waals surface area contributed by atoms with Crippen molar-refractivity contribution in [3.63, 3.8) is 0 Å². The highest BCUT2D eigenvalue weighted by Crippen LogP contribution is 2.25. The van der Waals surface area contributed by atoms with Gasteiger partial charge in [-0.3, -0.25) is 4.79 Å². The van der Waals surface area contributed by atoms with Gasteiger partial charge in [0.25, 0.3) is 5.91 Å². The van der Waals surface area contributed by atoms with Crippen LogP contribution in [0.5, 0.6) is 11.5 Å². The normalized spacial score (nSPS) is 11.2. The highest BCUT2D eigenvalue weighted by molar-refractivity contribution is 7.99. The average molecular weight is 374 g/mol. The summed E-state index contributed by atoms with van der Waals surface area (Å²) in [7, 11) is 3.16. The monoisotopic (exact) mass is 374 g/mol. The van der Waals surface area contributed by atoms with Crippen LogP contribution in [0.1, 0.15) is 23.9 Å². The first-order valence-electron chi connectivity index (χ1n) is 7.93. The lowest BCUT2D eigenvalue weighted by Gasteiger charge is -2.10. The number of rotatable bonds is 7. The summed E-state index contributed by atoms with van der Waals surface area (Å²) < 4.78 is 10.5. The van der Waals surface area contributed by atoms with Crippen molar-refractivity contribution in [1.29, 1.82) is 0 Å². The molecular weight excluding hydrogens is 352 g/mol. The molecule has 0 spiro atoms. The van der Waals surface area contributed by atoms with E-state index in [2.05, 4.69) is 20.5 Å². The molecule has 0 unspecified atom stereocenters. The fourth-order valence-corrected chi connectivity index (χ4v) is 2.97. The molecule has 0 saturated carbocycles. The minimum absolute atomic E-state index is 0.180. The molecule has 8 heteroatoms. The lowest BCUT2D eigenvalue weighted by molar-refractivity contribution is -0.118. The number of ether oxygens (including phenoxy) is 2. The molecule has 2 aromatic rings. The molecule has 1 N–H and O–H groups in total. The number of carbonyl (C=O) groups is 1. The van der Waals surface area contributed by atoms with Crippen molar-refractivity contribution < 1.29 is 14.3 Å². The highest BCUT2D eigenvalue weighted by atomic mass is 32.2. The summed E-state index contributed by atoms with van der Waals surface area (Å²) in [6.45, 7) is 5.59. The quantitative estimate of drug-likeness (QED) is 0.347. The Bertz CT molecular complexity index is 804. The largest absolute Gasteiger partial charge is 0.497 e. The SMILES string of the molecule is COc1ccc(/C(C)=N/NC(=O)CSc2nc(C)cc(C)n2)c(OC)c1. The third kappa shape index (κ3) is 5.45. The van der Waals surface area contributed by atoms with E-state index in [-0.39, 0.29) is 11.7 Å². The number of aryl methyl sites for hydroxylation is 2. The van der Waals surface area contributed by atoms with Gasteiger partial charge in [-0.15, -0.1) is 0 Å². The predicted octanol–water partition coefficient (Wildman–Crippen LogP) is 2.74. The van der Waals surface area contributed by atoms with E-state index in [0.717, 1.165) is 17.0 Å². The van der Waals surface area contributed by atoms with Gasteiger partial charge in [0.15, 0.2) is 5.16 Å². The van der Waals surface area contributed by atoms with Gasteiger partial charge in [0.05, 0.1) is 25.7 Å². The minimum Gasteiger partial charge on any atom is -0.497 e. The molecule has 0 saturated heterocycles. The van der Waals surface area contributed by atoms with Gasteiger partial charge < -0.3 is 9.47 Å². The van der Waals surface area contributed by atoms with E-state index < -0.39 is 0 Å². The molecule has 138 valence electrons. The first kappa shape index (κ1) is 19.7. The molecule has 1 heterocycles. The maximum atomic E-state index is 12.0. The fraction of sp³-hybridized carbons (Fsp3) is 0.333. The van der Waals surface area contributed by atoms with Crippen LogP contribution in [-0.4, -0.2) is 41.6 Å². The van der Waals surface area contributed by atoms with Gasteiger partial charge in [-0.25, -0.2) is 15.4 Å². The van der Waals surface area contributed by atoms with Crippen LogP contribution in [-0.2, 0) is 4.79 Å². The fourth-order valence-electron chi connectivity index (χ4n) is 2.22. The number of nitrogens with zero attached hydrogens (tertiary/aromatic N) is 3. The van der Waals surface area contributed by atoms with Gasteiger partial charge >= 0.3 is 0 Å². The molecule has 1 amide bonds. The molecule has 1 aromatic heterocycles. The number of nitrogens with one attached hydrogen (secondary N) is 1. The van der Waals surface area contributed by atoms with E-state index in [9.17, 15) is 4.79 Å². The van der Waals surface area contributed by atoms with Crippen LogP contribution in [0.2, 0.25) is 0 Å². The Balaban J connectivity index is 1.98. The second-order valence-corrected chi connectivity index (χ2v) is 6.46. The third-order valence-corrected chi connectivity index (χ3v) is 4.29. The van der Waals surface area contributed by atoms with Gasteiger partial charge in [-0.05, 0) is 39.0 Å². The minimum atomic E-state index is -0.232. The van der Waals surface area contributed by atoms with Gasteiger partial charge in [0.2, 0.25) is 0 Å². The van der Waals surface area contributed by atoms with Gasteiger partial charge in [0.1, 0.15) is 11.5 Å². The van der Waals surface area contributed by atoms with Gasteiger partial charge in [0, 0.05) is 23.0 Å². The Morgan fingerprint density at radius 1 is 1.15 bits per heavy atom. The van der Waals surface area contributed by atoms with E-state index in [1.807, 2.05) is 32.0 Å². The second-order valence-electron chi connectivity index (χ2n) is 5.52. The number of thioether (sulfide) groups is 1. The Hall–Kier alpha value is -2.61. The molecule has 2 rings (SSSR count). The van der Waals surface area contributed by atoms with Gasteiger partial charge in [-0.2, -0.15) is 5.10 Å². The van der Waals surface area contributed by atoms with E-state index in [4.69, 9.17) is 9.47 Å². The average Bonchev–Trinajstić information content (AvgIpc) is 2.63. The number of hydrogen-bond donors (Lipinski definition) is 1. The van der Waals surface area contributed by atoms with Crippen LogP contribution in [0.25, 0.3) is 0 Å². The number of hydrogen-bond acceptors (Lipinski definition) is 7. The second kappa shape index (κ2) is 9.19. The zero-order valence-electron chi connectivity index (χ0n) is 15.5. The molecule has 0 bridgehead atoms. The molecule has 0 fully saturated rings. The summed E-state index contributed by atoms with van der Waals surface area (Å²) in [5.74, 6) is 1.26. The van der Waals surface area contributed by atoms with E-state index in [0.29, 0.717) is 22.4 Å². The predicted molar refractivity (Wildman–Crippen MR) is 102 cm³/mol. The van der Waals surface area contributed by atoms with Crippen molar-refractivity contribution in [3.05, 3.63) is 41.2 Å². The molecular formula is C18H22N4O3S. The number of methoxy groups -OCH3 is 2. The number of hydrazone groups is 1. The van der Waals surface area contributed by atoms with Crippen LogP contribution < -0.4 is 14.9 Å². The number of aromatic nitrogens is 2. The number of carbonyl (C=O) groups excluding carboxylic acids is 1. The molecule has 0 aliphatic heterocycles. The summed E-state index contributed by atoms with van der Waals surface area (Å²) >= 11 is 1.27. The Morgan fingerprint density at radius 3 is 2.46 bits per heavy atom. The first-order valence-corrected chi connectivity index (χ1v) is 8.92. The molecule has 1 aromatic carbocycles. The van der Waals surface area contributed by atoms with Crippen molar-refractivity contribution in [3.8, 4) is 11.5 Å². The van der Waals surface area contributed by atoms with Crippen LogP contribution in [0.15, 0.2) is 34.5 Å². The molecule has 0 radical (unpaired) electrons. The Morgan fingerprint density at radius 2 is 1.85 bits per heavy atom. The summed E-state index contributed by atoms with van der Waals surface area (Å²) in [4.78, 5) is 20.6. The van der Waals surface area contributed by atoms with Crippen molar-refractivity contribution in [2.24, 2.45) is 5.10 Å². The summed E-state index contributed by atoms with van der Waals surface area (Å²) in [6, 6.07) is 7.30. The van der Waals surface area contributed by atoms with E-state index in [1.54, 1.807) is 27.2 Å². The van der Waals surface area contributed by atoms with Gasteiger partial charge in [-0.1, -0.05) is 11.8 Å². The van der Waals surface area contributed by atoms with Crippen LogP contribution in [0.3, 0.4) is 0 Å². The summed E-state index contributed by atoms with van der Waals surface area (Å²) in [5.41, 5.74) is 5.70. The molecule has 0 atom stereocenters. The maximum Gasteiger partial charge on any atom is 0.250 e. The van der Waals surface area contributed by atoms with Crippen molar-refractivity contribution >= 4 is 23.4 Å². The zero-order valence-corrected chi connectivity index (χ0v) is 16.3. The number of benzene rings is 1. The summed E-state index contributed by atoms with van der Waals surface area (Å²) in [6.07, 6.45) is 0. The maximum absolute atomic E-state index is 12.0. The Kier molecular flexibility index (Phi) is 6.97. The van der Waals surface area contributed by atoms with E-state index in [1.165, 1.54) is 11.8 Å². The highest BCUT2D eigenvalue weighted by Gasteiger charge is 2.10. The topological polar surface area (TPSA) is 85.7 Å². The lowest BCUT2D eigenvalue weighted by atomic mass is 10.1. The first-order chi connectivity index (χ1) is 12.4.